The van der Waals surface area contributed by atoms with Crippen LogP contribution in [0.4, 0.5) is 0 Å². The van der Waals surface area contributed by atoms with Gasteiger partial charge in [-0.3, -0.25) is 0 Å². The molecule has 16 heavy (non-hydrogen) atoms. The van der Waals surface area contributed by atoms with Gasteiger partial charge in [-0.1, -0.05) is 66.0 Å². The van der Waals surface area contributed by atoms with Gasteiger partial charge in [-0.25, -0.2) is 0 Å². The molecule has 4 heteroatoms. The summed E-state index contributed by atoms with van der Waals surface area (Å²) >= 11 is 12.1. The van der Waals surface area contributed by atoms with Crippen molar-refractivity contribution in [3.05, 3.63) is 40.3 Å². The minimum absolute atomic E-state index is 0.815. The first-order valence-corrected chi connectivity index (χ1v) is 6.49. The largest absolute Gasteiger partial charge is 0.320 e. The summed E-state index contributed by atoms with van der Waals surface area (Å²) in [5.41, 5.74) is 2.42. The molecule has 0 N–H and O–H groups in total. The topological polar surface area (TPSA) is 3.24 Å². The van der Waals surface area contributed by atoms with Crippen LogP contribution in [0, 0.1) is 6.92 Å². The number of benzene rings is 1. The van der Waals surface area contributed by atoms with Crippen molar-refractivity contribution in [3.8, 4) is 0 Å². The molecule has 1 aliphatic rings. The maximum atomic E-state index is 5.31. The van der Waals surface area contributed by atoms with Crippen molar-refractivity contribution in [1.82, 2.24) is 4.90 Å². The number of thiocarbonyl (C=S) groups is 2. The van der Waals surface area contributed by atoms with E-state index in [4.69, 9.17) is 24.4 Å². The first-order chi connectivity index (χ1) is 7.58. The van der Waals surface area contributed by atoms with Gasteiger partial charge in [0.15, 0.2) is 0 Å². The van der Waals surface area contributed by atoms with Crippen LogP contribution in [-0.4, -0.2) is 21.3 Å². The standard InChI is InChI=1S/C12H11NS3/c1-8-3-5-9(6-4-8)7-10-11(14)13(2)12(15)16-10/h3-7H,1-2H3/b10-7+. The molecule has 0 saturated carbocycles. The van der Waals surface area contributed by atoms with Crippen LogP contribution in [0.25, 0.3) is 6.08 Å². The molecule has 0 spiro atoms. The lowest BCUT2D eigenvalue weighted by Gasteiger charge is -2.06. The number of likely N-dealkylation sites (N-methyl/N-ethyl adjacent to an activating group) is 1. The molecule has 1 nitrogen and oxygen atoms in total. The average molecular weight is 265 g/mol. The molecule has 1 fully saturated rings. The first-order valence-electron chi connectivity index (χ1n) is 4.86. The van der Waals surface area contributed by atoms with Crippen molar-refractivity contribution < 1.29 is 0 Å². The van der Waals surface area contributed by atoms with E-state index in [9.17, 15) is 0 Å². The van der Waals surface area contributed by atoms with E-state index >= 15 is 0 Å². The van der Waals surface area contributed by atoms with Crippen molar-refractivity contribution in [1.29, 1.82) is 0 Å². The predicted molar refractivity (Wildman–Crippen MR) is 79.7 cm³/mol. The van der Waals surface area contributed by atoms with Gasteiger partial charge >= 0.3 is 0 Å². The zero-order valence-electron chi connectivity index (χ0n) is 9.06. The Labute approximate surface area is 111 Å². The molecule has 1 aromatic rings. The van der Waals surface area contributed by atoms with Crippen LogP contribution in [0.3, 0.4) is 0 Å². The number of rotatable bonds is 1. The van der Waals surface area contributed by atoms with Gasteiger partial charge in [0.25, 0.3) is 0 Å². The molecule has 0 radical (unpaired) electrons. The molecular weight excluding hydrogens is 254 g/mol. The Hall–Kier alpha value is -0.710. The van der Waals surface area contributed by atoms with Crippen molar-refractivity contribution in [2.24, 2.45) is 0 Å². The second kappa shape index (κ2) is 4.65. The predicted octanol–water partition coefficient (Wildman–Crippen LogP) is 3.63. The number of thioether (sulfide) groups is 1. The molecule has 1 aromatic carbocycles. The summed E-state index contributed by atoms with van der Waals surface area (Å²) in [5.74, 6) is 0. The fourth-order valence-electron chi connectivity index (χ4n) is 1.36. The van der Waals surface area contributed by atoms with Crippen molar-refractivity contribution in [3.63, 3.8) is 0 Å². The van der Waals surface area contributed by atoms with Gasteiger partial charge in [-0.2, -0.15) is 0 Å². The molecule has 2 rings (SSSR count). The van der Waals surface area contributed by atoms with Crippen LogP contribution in [0.5, 0.6) is 0 Å². The summed E-state index contributed by atoms with van der Waals surface area (Å²) in [6.07, 6.45) is 2.09. The minimum atomic E-state index is 0.815. The Morgan fingerprint density at radius 3 is 2.31 bits per heavy atom. The highest BCUT2D eigenvalue weighted by molar-refractivity contribution is 8.27. The van der Waals surface area contributed by atoms with E-state index in [-0.39, 0.29) is 0 Å². The summed E-state index contributed by atoms with van der Waals surface area (Å²) in [5, 5.41) is 0. The Morgan fingerprint density at radius 2 is 1.81 bits per heavy atom. The van der Waals surface area contributed by atoms with Crippen LogP contribution in [0.1, 0.15) is 11.1 Å². The molecule has 1 saturated heterocycles. The van der Waals surface area contributed by atoms with E-state index in [1.54, 1.807) is 11.8 Å². The fraction of sp³-hybridized carbons (Fsp3) is 0.167. The molecule has 1 heterocycles. The summed E-state index contributed by atoms with van der Waals surface area (Å²) in [6, 6.07) is 8.37. The highest BCUT2D eigenvalue weighted by Gasteiger charge is 2.24. The number of hydrogen-bond donors (Lipinski definition) is 0. The third kappa shape index (κ3) is 2.34. The quantitative estimate of drug-likeness (QED) is 0.563. The average Bonchev–Trinajstić information content (AvgIpc) is 2.50. The molecule has 0 aromatic heterocycles. The maximum Gasteiger partial charge on any atom is 0.146 e. The van der Waals surface area contributed by atoms with Gasteiger partial charge in [0.05, 0.1) is 4.91 Å². The van der Waals surface area contributed by atoms with Crippen LogP contribution in [0.2, 0.25) is 0 Å². The fourth-order valence-corrected chi connectivity index (χ4v) is 2.95. The van der Waals surface area contributed by atoms with E-state index in [1.807, 2.05) is 11.9 Å². The number of hydrogen-bond acceptors (Lipinski definition) is 3. The second-order valence-electron chi connectivity index (χ2n) is 3.65. The third-order valence-corrected chi connectivity index (χ3v) is 4.49. The van der Waals surface area contributed by atoms with Gasteiger partial charge in [-0.15, -0.1) is 0 Å². The van der Waals surface area contributed by atoms with E-state index in [1.165, 1.54) is 5.56 Å². The molecule has 0 aliphatic carbocycles. The highest BCUT2D eigenvalue weighted by Crippen LogP contribution is 2.32. The Kier molecular flexibility index (Phi) is 3.42. The first kappa shape index (κ1) is 11.8. The lowest BCUT2D eigenvalue weighted by Crippen LogP contribution is -2.20. The monoisotopic (exact) mass is 265 g/mol. The van der Waals surface area contributed by atoms with Crippen molar-refractivity contribution in [2.75, 3.05) is 7.05 Å². The number of nitrogens with zero attached hydrogens (tertiary/aromatic N) is 1. The SMILES string of the molecule is Cc1ccc(/C=C2/SC(=S)N(C)C2=S)cc1. The van der Waals surface area contributed by atoms with Crippen molar-refractivity contribution in [2.45, 2.75) is 6.92 Å². The highest BCUT2D eigenvalue weighted by atomic mass is 32.2. The van der Waals surface area contributed by atoms with Gasteiger partial charge in [0, 0.05) is 7.05 Å². The second-order valence-corrected chi connectivity index (χ2v) is 5.71. The molecule has 0 unspecified atom stereocenters. The van der Waals surface area contributed by atoms with Gasteiger partial charge in [-0.05, 0) is 18.6 Å². The zero-order chi connectivity index (χ0) is 11.7. The van der Waals surface area contributed by atoms with Gasteiger partial charge < -0.3 is 4.90 Å². The van der Waals surface area contributed by atoms with E-state index in [0.717, 1.165) is 19.8 Å². The minimum Gasteiger partial charge on any atom is -0.320 e. The Balaban J connectivity index is 2.29. The molecule has 0 bridgehead atoms. The molecule has 0 amide bonds. The molecular formula is C12H11NS3. The smallest absolute Gasteiger partial charge is 0.146 e. The van der Waals surface area contributed by atoms with Gasteiger partial charge in [0.2, 0.25) is 0 Å². The molecule has 0 atom stereocenters. The summed E-state index contributed by atoms with van der Waals surface area (Å²) in [4.78, 5) is 3.75. The van der Waals surface area contributed by atoms with E-state index in [2.05, 4.69) is 37.3 Å². The van der Waals surface area contributed by atoms with Crippen LogP contribution in [0.15, 0.2) is 29.2 Å². The van der Waals surface area contributed by atoms with Crippen LogP contribution in [-0.2, 0) is 0 Å². The van der Waals surface area contributed by atoms with E-state index < -0.39 is 0 Å². The summed E-state index contributed by atoms with van der Waals surface area (Å²) in [6.45, 7) is 2.08. The maximum absolute atomic E-state index is 5.31. The summed E-state index contributed by atoms with van der Waals surface area (Å²) in [7, 11) is 1.91. The lowest BCUT2D eigenvalue weighted by molar-refractivity contribution is 0.811. The van der Waals surface area contributed by atoms with Crippen LogP contribution >= 0.6 is 36.2 Å². The zero-order valence-corrected chi connectivity index (χ0v) is 11.5. The summed E-state index contributed by atoms with van der Waals surface area (Å²) < 4.78 is 0.823. The van der Waals surface area contributed by atoms with Crippen LogP contribution < -0.4 is 0 Å². The third-order valence-electron chi connectivity index (χ3n) is 2.36. The lowest BCUT2D eigenvalue weighted by atomic mass is 10.1. The Morgan fingerprint density at radius 1 is 1.19 bits per heavy atom. The number of aryl methyl sites for hydroxylation is 1. The molecule has 82 valence electrons. The molecule has 1 aliphatic heterocycles. The Bertz CT molecular complexity index is 474. The van der Waals surface area contributed by atoms with Crippen molar-refractivity contribution >= 4 is 51.6 Å². The van der Waals surface area contributed by atoms with E-state index in [0.29, 0.717) is 0 Å². The normalized spacial score (nSPS) is 18.6. The van der Waals surface area contributed by atoms with Gasteiger partial charge in [0.1, 0.15) is 9.31 Å².